The van der Waals surface area contributed by atoms with Crippen molar-refractivity contribution >= 4 is 21.6 Å². The summed E-state index contributed by atoms with van der Waals surface area (Å²) in [4.78, 5) is -0.132. The Hall–Kier alpha value is -1.51. The molecular weight excluding hydrogens is 331 g/mol. The van der Waals surface area contributed by atoms with Crippen LogP contribution in [0.2, 0.25) is 5.02 Å². The van der Waals surface area contributed by atoms with E-state index in [1.54, 1.807) is 10.9 Å². The van der Waals surface area contributed by atoms with Crippen LogP contribution in [0.15, 0.2) is 23.4 Å². The van der Waals surface area contributed by atoms with Gasteiger partial charge in [0.1, 0.15) is 22.9 Å². The fourth-order valence-corrected chi connectivity index (χ4v) is 3.57. The Labute approximate surface area is 133 Å². The molecule has 0 saturated heterocycles. The average Bonchev–Trinajstić information content (AvgIpc) is 2.90. The zero-order chi connectivity index (χ0) is 16.3. The lowest BCUT2D eigenvalue weighted by molar-refractivity contribution is 0.568. The number of aromatic nitrogens is 3. The molecular formula is C13H16ClFN4O2S. The summed E-state index contributed by atoms with van der Waals surface area (Å²) in [5.74, 6) is 0.232. The summed E-state index contributed by atoms with van der Waals surface area (Å²) in [6, 6.07) is 2.22. The third-order valence-electron chi connectivity index (χ3n) is 3.16. The highest BCUT2D eigenvalue weighted by Gasteiger charge is 2.19. The topological polar surface area (TPSA) is 76.9 Å². The molecule has 0 atom stereocenters. The van der Waals surface area contributed by atoms with Crippen LogP contribution < -0.4 is 4.72 Å². The number of halogens is 2. The molecule has 0 radical (unpaired) electrons. The maximum absolute atomic E-state index is 13.4. The Morgan fingerprint density at radius 2 is 2.14 bits per heavy atom. The Morgan fingerprint density at radius 1 is 1.41 bits per heavy atom. The molecule has 1 aromatic carbocycles. The van der Waals surface area contributed by atoms with Gasteiger partial charge < -0.3 is 4.57 Å². The fraction of sp³-hybridized carbons (Fsp3) is 0.385. The molecule has 0 amide bonds. The van der Waals surface area contributed by atoms with E-state index in [1.165, 1.54) is 13.0 Å². The SMILES string of the molecule is CCc1nncn1CCNS(=O)(=O)c1cc(C)c(F)cc1Cl. The predicted octanol–water partition coefficient (Wildman–Crippen LogP) is 1.92. The van der Waals surface area contributed by atoms with Gasteiger partial charge in [-0.15, -0.1) is 10.2 Å². The van der Waals surface area contributed by atoms with E-state index in [4.69, 9.17) is 11.6 Å². The van der Waals surface area contributed by atoms with E-state index in [2.05, 4.69) is 14.9 Å². The van der Waals surface area contributed by atoms with Gasteiger partial charge in [-0.05, 0) is 24.6 Å². The third-order valence-corrected chi connectivity index (χ3v) is 5.09. The summed E-state index contributed by atoms with van der Waals surface area (Å²) in [6.45, 7) is 3.97. The van der Waals surface area contributed by atoms with Crippen molar-refractivity contribution in [1.82, 2.24) is 19.5 Å². The Bertz CT molecular complexity index is 776. The second-order valence-corrected chi connectivity index (χ2v) is 6.87. The first kappa shape index (κ1) is 16.9. The number of hydrogen-bond acceptors (Lipinski definition) is 4. The molecule has 0 aliphatic heterocycles. The minimum absolute atomic E-state index is 0.132. The van der Waals surface area contributed by atoms with Crippen LogP contribution in [0.25, 0.3) is 0 Å². The van der Waals surface area contributed by atoms with Gasteiger partial charge in [-0.1, -0.05) is 18.5 Å². The van der Waals surface area contributed by atoms with E-state index < -0.39 is 15.8 Å². The van der Waals surface area contributed by atoms with Crippen LogP contribution in [-0.4, -0.2) is 29.7 Å². The highest BCUT2D eigenvalue weighted by atomic mass is 35.5. The van der Waals surface area contributed by atoms with Crippen molar-refractivity contribution in [3.63, 3.8) is 0 Å². The average molecular weight is 347 g/mol. The largest absolute Gasteiger partial charge is 0.316 e. The first-order valence-corrected chi connectivity index (χ1v) is 8.53. The number of aryl methyl sites for hydroxylation is 2. The summed E-state index contributed by atoms with van der Waals surface area (Å²) in [6.07, 6.45) is 2.25. The molecule has 0 saturated carbocycles. The van der Waals surface area contributed by atoms with E-state index in [0.717, 1.165) is 11.9 Å². The molecule has 2 aromatic rings. The molecule has 0 aliphatic carbocycles. The van der Waals surface area contributed by atoms with Crippen molar-refractivity contribution in [3.05, 3.63) is 40.7 Å². The summed E-state index contributed by atoms with van der Waals surface area (Å²) in [5, 5.41) is 7.55. The van der Waals surface area contributed by atoms with Crippen LogP contribution in [-0.2, 0) is 23.0 Å². The van der Waals surface area contributed by atoms with Crippen molar-refractivity contribution < 1.29 is 12.8 Å². The van der Waals surface area contributed by atoms with Crippen LogP contribution in [0.5, 0.6) is 0 Å². The lowest BCUT2D eigenvalue weighted by Crippen LogP contribution is -2.28. The van der Waals surface area contributed by atoms with E-state index in [9.17, 15) is 12.8 Å². The quantitative estimate of drug-likeness (QED) is 0.867. The minimum Gasteiger partial charge on any atom is -0.316 e. The summed E-state index contributed by atoms with van der Waals surface area (Å²) in [7, 11) is -3.81. The van der Waals surface area contributed by atoms with Gasteiger partial charge in [0.05, 0.1) is 5.02 Å². The third kappa shape index (κ3) is 3.63. The predicted molar refractivity (Wildman–Crippen MR) is 80.7 cm³/mol. The molecule has 0 unspecified atom stereocenters. The van der Waals surface area contributed by atoms with Gasteiger partial charge in [0.25, 0.3) is 0 Å². The van der Waals surface area contributed by atoms with Gasteiger partial charge in [-0.3, -0.25) is 0 Å². The number of benzene rings is 1. The van der Waals surface area contributed by atoms with Gasteiger partial charge in [0.2, 0.25) is 10.0 Å². The molecule has 1 N–H and O–H groups in total. The van der Waals surface area contributed by atoms with Gasteiger partial charge in [-0.25, -0.2) is 17.5 Å². The van der Waals surface area contributed by atoms with E-state index in [-0.39, 0.29) is 22.0 Å². The van der Waals surface area contributed by atoms with Crippen LogP contribution >= 0.6 is 11.6 Å². The second kappa shape index (κ2) is 6.72. The number of sulfonamides is 1. The monoisotopic (exact) mass is 346 g/mol. The van der Waals surface area contributed by atoms with Crippen LogP contribution in [0, 0.1) is 12.7 Å². The number of rotatable bonds is 6. The molecule has 22 heavy (non-hydrogen) atoms. The van der Waals surface area contributed by atoms with Gasteiger partial charge in [-0.2, -0.15) is 0 Å². The minimum atomic E-state index is -3.81. The maximum Gasteiger partial charge on any atom is 0.242 e. The molecule has 0 fully saturated rings. The van der Waals surface area contributed by atoms with Crippen molar-refractivity contribution in [2.75, 3.05) is 6.54 Å². The standard InChI is InChI=1S/C13H16ClFN4O2S/c1-3-13-18-16-8-19(13)5-4-17-22(20,21)12-6-9(2)11(15)7-10(12)14/h6-8,17H,3-5H2,1-2H3. The zero-order valence-electron chi connectivity index (χ0n) is 12.2. The zero-order valence-corrected chi connectivity index (χ0v) is 13.7. The van der Waals surface area contributed by atoms with Gasteiger partial charge in [0, 0.05) is 19.5 Å². The van der Waals surface area contributed by atoms with Crippen LogP contribution in [0.1, 0.15) is 18.3 Å². The molecule has 1 aromatic heterocycles. The lowest BCUT2D eigenvalue weighted by Gasteiger charge is -2.10. The fourth-order valence-electron chi connectivity index (χ4n) is 1.95. The van der Waals surface area contributed by atoms with E-state index in [0.29, 0.717) is 13.0 Å². The lowest BCUT2D eigenvalue weighted by atomic mass is 10.2. The first-order chi connectivity index (χ1) is 10.3. The molecule has 0 spiro atoms. The summed E-state index contributed by atoms with van der Waals surface area (Å²) >= 11 is 5.83. The highest BCUT2D eigenvalue weighted by Crippen LogP contribution is 2.24. The van der Waals surface area contributed by atoms with E-state index >= 15 is 0 Å². The van der Waals surface area contributed by atoms with Gasteiger partial charge >= 0.3 is 0 Å². The van der Waals surface area contributed by atoms with Crippen molar-refractivity contribution in [2.24, 2.45) is 0 Å². The number of nitrogens with zero attached hydrogens (tertiary/aromatic N) is 3. The molecule has 0 aliphatic rings. The molecule has 6 nitrogen and oxygen atoms in total. The van der Waals surface area contributed by atoms with E-state index in [1.807, 2.05) is 6.92 Å². The molecule has 9 heteroatoms. The molecule has 120 valence electrons. The smallest absolute Gasteiger partial charge is 0.242 e. The van der Waals surface area contributed by atoms with Crippen molar-refractivity contribution in [3.8, 4) is 0 Å². The van der Waals surface area contributed by atoms with Crippen LogP contribution in [0.4, 0.5) is 4.39 Å². The Kier molecular flexibility index (Phi) is 5.15. The normalized spacial score (nSPS) is 11.8. The van der Waals surface area contributed by atoms with Crippen molar-refractivity contribution in [1.29, 1.82) is 0 Å². The highest BCUT2D eigenvalue weighted by molar-refractivity contribution is 7.89. The maximum atomic E-state index is 13.4. The first-order valence-electron chi connectivity index (χ1n) is 6.67. The summed E-state index contributed by atoms with van der Waals surface area (Å²) in [5.41, 5.74) is 0.219. The van der Waals surface area contributed by atoms with Crippen LogP contribution in [0.3, 0.4) is 0 Å². The van der Waals surface area contributed by atoms with Gasteiger partial charge in [0.15, 0.2) is 0 Å². The molecule has 1 heterocycles. The second-order valence-electron chi connectivity index (χ2n) is 4.72. The van der Waals surface area contributed by atoms with Crippen molar-refractivity contribution in [2.45, 2.75) is 31.7 Å². The number of nitrogens with one attached hydrogen (secondary N) is 1. The molecule has 2 rings (SSSR count). The Morgan fingerprint density at radius 3 is 2.82 bits per heavy atom. The number of hydrogen-bond donors (Lipinski definition) is 1. The summed E-state index contributed by atoms with van der Waals surface area (Å²) < 4.78 is 42.0. The Balaban J connectivity index is 2.10. The molecule has 0 bridgehead atoms.